The summed E-state index contributed by atoms with van der Waals surface area (Å²) < 4.78 is 11.8. The van der Waals surface area contributed by atoms with Crippen molar-refractivity contribution < 1.29 is 9.40 Å². The van der Waals surface area contributed by atoms with Crippen LogP contribution in [0.4, 0.5) is 0 Å². The summed E-state index contributed by atoms with van der Waals surface area (Å²) in [5, 5.41) is 0. The van der Waals surface area contributed by atoms with Gasteiger partial charge in [-0.2, -0.15) is 0 Å². The third kappa shape index (κ3) is 18.8. The van der Waals surface area contributed by atoms with Crippen molar-refractivity contribution in [3.63, 3.8) is 0 Å². The molecular weight excluding hydrogens is 192 g/mol. The standard InChI is InChI=1S/C8H20N2O.ClHO/c1-7(2,9)5-11-6-8(3,4)10;1-2/h5-6,9-10H2,1-4H3;2H. The molecule has 0 atom stereocenters. The van der Waals surface area contributed by atoms with Gasteiger partial charge in [-0.15, -0.1) is 0 Å². The van der Waals surface area contributed by atoms with E-state index in [1.54, 1.807) is 0 Å². The Hall–Kier alpha value is 0.130. The van der Waals surface area contributed by atoms with E-state index in [1.807, 2.05) is 27.7 Å². The molecule has 0 radical (unpaired) electrons. The van der Waals surface area contributed by atoms with Crippen molar-refractivity contribution in [3.8, 4) is 0 Å². The van der Waals surface area contributed by atoms with Crippen LogP contribution in [0.3, 0.4) is 0 Å². The largest absolute Gasteiger partial charge is 0.378 e. The van der Waals surface area contributed by atoms with Gasteiger partial charge in [-0.1, -0.05) is 0 Å². The quantitative estimate of drug-likeness (QED) is 0.638. The molecule has 0 aliphatic carbocycles. The zero-order valence-electron chi connectivity index (χ0n) is 8.80. The zero-order chi connectivity index (χ0) is 11.1. The van der Waals surface area contributed by atoms with Gasteiger partial charge in [0.15, 0.2) is 0 Å². The van der Waals surface area contributed by atoms with Gasteiger partial charge in [0, 0.05) is 11.1 Å². The first-order valence-electron chi connectivity index (χ1n) is 4.03. The Labute approximate surface area is 85.4 Å². The van der Waals surface area contributed by atoms with Crippen LogP contribution in [0.2, 0.25) is 0 Å². The molecule has 0 spiro atoms. The van der Waals surface area contributed by atoms with Crippen LogP contribution in [0.5, 0.6) is 0 Å². The Kier molecular flexibility index (Phi) is 7.87. The van der Waals surface area contributed by atoms with Gasteiger partial charge in [-0.3, -0.25) is 4.66 Å². The van der Waals surface area contributed by atoms with Crippen LogP contribution < -0.4 is 11.5 Å². The molecule has 0 aliphatic rings. The third-order valence-electron chi connectivity index (χ3n) is 0.948. The number of rotatable bonds is 4. The lowest BCUT2D eigenvalue weighted by Gasteiger charge is -2.23. The summed E-state index contributed by atoms with van der Waals surface area (Å²) >= 11 is 3.64. The summed E-state index contributed by atoms with van der Waals surface area (Å²) in [7, 11) is 0. The van der Waals surface area contributed by atoms with E-state index in [-0.39, 0.29) is 11.1 Å². The average Bonchev–Trinajstić information content (AvgIpc) is 1.86. The average molecular weight is 213 g/mol. The third-order valence-corrected chi connectivity index (χ3v) is 0.948. The predicted molar refractivity (Wildman–Crippen MR) is 55.4 cm³/mol. The number of hydrogen-bond donors (Lipinski definition) is 3. The topological polar surface area (TPSA) is 81.5 Å². The molecule has 5 N–H and O–H groups in total. The van der Waals surface area contributed by atoms with E-state index in [2.05, 4.69) is 11.9 Å². The molecule has 0 unspecified atom stereocenters. The molecule has 0 aromatic heterocycles. The molecule has 82 valence electrons. The summed E-state index contributed by atoms with van der Waals surface area (Å²) in [4.78, 5) is 0. The second-order valence-electron chi connectivity index (χ2n) is 4.47. The van der Waals surface area contributed by atoms with E-state index in [0.717, 1.165) is 0 Å². The van der Waals surface area contributed by atoms with Crippen LogP contribution in [-0.2, 0) is 4.74 Å². The second-order valence-corrected chi connectivity index (χ2v) is 4.47. The molecule has 0 rings (SSSR count). The molecule has 0 saturated heterocycles. The Morgan fingerprint density at radius 3 is 1.38 bits per heavy atom. The highest BCUT2D eigenvalue weighted by molar-refractivity contribution is 6.04. The van der Waals surface area contributed by atoms with Crippen LogP contribution >= 0.6 is 11.9 Å². The fraction of sp³-hybridized carbons (Fsp3) is 1.00. The van der Waals surface area contributed by atoms with Crippen molar-refractivity contribution >= 4 is 11.9 Å². The van der Waals surface area contributed by atoms with E-state index < -0.39 is 0 Å². The first-order chi connectivity index (χ1) is 5.71. The summed E-state index contributed by atoms with van der Waals surface area (Å²) in [6, 6.07) is 0. The van der Waals surface area contributed by atoms with Crippen LogP contribution in [0.25, 0.3) is 0 Å². The minimum absolute atomic E-state index is 0.259. The predicted octanol–water partition coefficient (Wildman–Crippen LogP) is 0.610. The minimum Gasteiger partial charge on any atom is -0.378 e. The fourth-order valence-electron chi connectivity index (χ4n) is 0.577. The molecule has 4 nitrogen and oxygen atoms in total. The lowest BCUT2D eigenvalue weighted by Crippen LogP contribution is -2.42. The molecule has 0 aliphatic heterocycles. The Morgan fingerprint density at radius 1 is 1.00 bits per heavy atom. The lowest BCUT2D eigenvalue weighted by atomic mass is 10.1. The number of hydrogen-bond acceptors (Lipinski definition) is 4. The molecule has 0 heterocycles. The van der Waals surface area contributed by atoms with E-state index in [1.165, 1.54) is 0 Å². The van der Waals surface area contributed by atoms with Crippen LogP contribution in [0, 0.1) is 0 Å². The smallest absolute Gasteiger partial charge is 0.0641 e. The molecule has 0 saturated carbocycles. The normalized spacial score (nSPS) is 12.0. The van der Waals surface area contributed by atoms with E-state index in [0.29, 0.717) is 13.2 Å². The van der Waals surface area contributed by atoms with Crippen molar-refractivity contribution in [3.05, 3.63) is 0 Å². The molecule has 13 heavy (non-hydrogen) atoms. The first-order valence-corrected chi connectivity index (χ1v) is 4.37. The monoisotopic (exact) mass is 212 g/mol. The maximum absolute atomic E-state index is 6.47. The number of ether oxygens (including phenoxy) is 1. The Morgan fingerprint density at radius 2 is 1.23 bits per heavy atom. The number of halogens is 1. The van der Waals surface area contributed by atoms with Gasteiger partial charge in [-0.25, -0.2) is 0 Å². The van der Waals surface area contributed by atoms with Crippen LogP contribution in [0.15, 0.2) is 0 Å². The summed E-state index contributed by atoms with van der Waals surface area (Å²) in [5.74, 6) is 0. The van der Waals surface area contributed by atoms with Crippen LogP contribution in [-0.4, -0.2) is 29.0 Å². The second kappa shape index (κ2) is 6.56. The summed E-state index contributed by atoms with van der Waals surface area (Å²) in [5.41, 5.74) is 10.9. The summed E-state index contributed by atoms with van der Waals surface area (Å²) in [6.07, 6.45) is 0. The van der Waals surface area contributed by atoms with Gasteiger partial charge in [0.1, 0.15) is 0 Å². The summed E-state index contributed by atoms with van der Waals surface area (Å²) in [6.45, 7) is 8.81. The molecule has 0 fully saturated rings. The van der Waals surface area contributed by atoms with Gasteiger partial charge in [0.25, 0.3) is 0 Å². The molecule has 0 bridgehead atoms. The minimum atomic E-state index is -0.259. The number of nitrogens with two attached hydrogens (primary N) is 2. The van der Waals surface area contributed by atoms with Crippen molar-refractivity contribution in [2.45, 2.75) is 38.8 Å². The molecule has 0 amide bonds. The molecular formula is C8H21ClN2O2. The van der Waals surface area contributed by atoms with Gasteiger partial charge >= 0.3 is 0 Å². The highest BCUT2D eigenvalue weighted by atomic mass is 35.5. The highest BCUT2D eigenvalue weighted by Crippen LogP contribution is 2.01. The zero-order valence-corrected chi connectivity index (χ0v) is 9.56. The van der Waals surface area contributed by atoms with Gasteiger partial charge in [-0.05, 0) is 27.7 Å². The SMILES string of the molecule is CC(C)(N)COCC(C)(C)N.OCl. The molecule has 0 aromatic rings. The molecule has 5 heteroatoms. The van der Waals surface area contributed by atoms with Crippen LogP contribution in [0.1, 0.15) is 27.7 Å². The van der Waals surface area contributed by atoms with Gasteiger partial charge in [0.2, 0.25) is 0 Å². The lowest BCUT2D eigenvalue weighted by molar-refractivity contribution is 0.0680. The van der Waals surface area contributed by atoms with E-state index in [4.69, 9.17) is 20.9 Å². The van der Waals surface area contributed by atoms with E-state index in [9.17, 15) is 0 Å². The van der Waals surface area contributed by atoms with Gasteiger partial charge in [0.05, 0.1) is 25.1 Å². The van der Waals surface area contributed by atoms with Crippen molar-refractivity contribution in [1.82, 2.24) is 0 Å². The Bertz CT molecular complexity index is 104. The first kappa shape index (κ1) is 15.6. The molecule has 0 aromatic carbocycles. The van der Waals surface area contributed by atoms with Gasteiger partial charge < -0.3 is 16.2 Å². The van der Waals surface area contributed by atoms with Crippen molar-refractivity contribution in [2.24, 2.45) is 11.5 Å². The maximum Gasteiger partial charge on any atom is 0.0641 e. The fourth-order valence-corrected chi connectivity index (χ4v) is 0.577. The highest BCUT2D eigenvalue weighted by Gasteiger charge is 2.14. The maximum atomic E-state index is 6.47. The van der Waals surface area contributed by atoms with E-state index >= 15 is 0 Å². The van der Waals surface area contributed by atoms with Crippen molar-refractivity contribution in [2.75, 3.05) is 13.2 Å². The Balaban J connectivity index is 0. The van der Waals surface area contributed by atoms with Crippen molar-refractivity contribution in [1.29, 1.82) is 0 Å².